The Labute approximate surface area is 256 Å². The molecular formula is C36H32F8O. The summed E-state index contributed by atoms with van der Waals surface area (Å²) in [4.78, 5) is 0. The Balaban J connectivity index is 1.22. The van der Waals surface area contributed by atoms with Crippen molar-refractivity contribution in [3.63, 3.8) is 0 Å². The molecule has 9 heteroatoms. The van der Waals surface area contributed by atoms with Gasteiger partial charge in [-0.2, -0.15) is 8.78 Å². The second-order valence-electron chi connectivity index (χ2n) is 11.6. The lowest BCUT2D eigenvalue weighted by Gasteiger charge is -2.31. The molecule has 1 nitrogen and oxygen atoms in total. The number of benzene rings is 4. The van der Waals surface area contributed by atoms with Gasteiger partial charge in [0, 0.05) is 5.56 Å². The third-order valence-corrected chi connectivity index (χ3v) is 8.44. The quantitative estimate of drug-likeness (QED) is 0.0960. The van der Waals surface area contributed by atoms with Crippen LogP contribution in [0.1, 0.15) is 74.5 Å². The summed E-state index contributed by atoms with van der Waals surface area (Å²) >= 11 is 0. The van der Waals surface area contributed by atoms with E-state index in [2.05, 4.69) is 6.92 Å². The summed E-state index contributed by atoms with van der Waals surface area (Å²) in [5.74, 6) is -8.36. The van der Waals surface area contributed by atoms with E-state index in [4.69, 9.17) is 4.74 Å². The maximum Gasteiger partial charge on any atom is 0.389 e. The average Bonchev–Trinajstić information content (AvgIpc) is 2.99. The molecule has 0 aliphatic heterocycles. The molecule has 5 rings (SSSR count). The van der Waals surface area contributed by atoms with Crippen LogP contribution in [0.3, 0.4) is 0 Å². The molecule has 0 heterocycles. The van der Waals surface area contributed by atoms with Crippen molar-refractivity contribution < 1.29 is 39.9 Å². The fraction of sp³-hybridized carbons (Fsp3) is 0.333. The van der Waals surface area contributed by atoms with E-state index >= 15 is 8.78 Å². The first-order valence-corrected chi connectivity index (χ1v) is 15.1. The van der Waals surface area contributed by atoms with E-state index in [0.29, 0.717) is 36.1 Å². The predicted molar refractivity (Wildman–Crippen MR) is 157 cm³/mol. The van der Waals surface area contributed by atoms with E-state index in [1.165, 1.54) is 12.1 Å². The van der Waals surface area contributed by atoms with Crippen LogP contribution < -0.4 is 0 Å². The number of alkyl halides is 2. The summed E-state index contributed by atoms with van der Waals surface area (Å²) in [5, 5.41) is 0. The predicted octanol–water partition coefficient (Wildman–Crippen LogP) is 11.4. The lowest BCUT2D eigenvalue weighted by atomic mass is 9.82. The molecule has 0 amide bonds. The Morgan fingerprint density at radius 2 is 1.24 bits per heavy atom. The highest BCUT2D eigenvalue weighted by molar-refractivity contribution is 5.65. The highest BCUT2D eigenvalue weighted by Crippen LogP contribution is 2.42. The van der Waals surface area contributed by atoms with Crippen LogP contribution >= 0.6 is 0 Å². The van der Waals surface area contributed by atoms with Gasteiger partial charge in [0.15, 0.2) is 17.5 Å². The molecule has 0 spiro atoms. The fourth-order valence-electron chi connectivity index (χ4n) is 5.97. The summed E-state index contributed by atoms with van der Waals surface area (Å²) in [6.07, 6.45) is -0.202. The first-order chi connectivity index (χ1) is 21.5. The number of halogens is 8. The second kappa shape index (κ2) is 13.7. The van der Waals surface area contributed by atoms with Crippen molar-refractivity contribution in [2.24, 2.45) is 0 Å². The minimum absolute atomic E-state index is 0.122. The molecule has 0 unspecified atom stereocenters. The van der Waals surface area contributed by atoms with Crippen LogP contribution in [0.5, 0.6) is 0 Å². The average molecular weight is 633 g/mol. The topological polar surface area (TPSA) is 9.23 Å². The molecule has 45 heavy (non-hydrogen) atoms. The first-order valence-electron chi connectivity index (χ1n) is 15.1. The van der Waals surface area contributed by atoms with Gasteiger partial charge in [-0.15, -0.1) is 0 Å². The Morgan fingerprint density at radius 1 is 0.644 bits per heavy atom. The number of unbranched alkanes of at least 4 members (excludes halogenated alkanes) is 2. The number of hydrogen-bond donors (Lipinski definition) is 0. The lowest BCUT2D eigenvalue weighted by Crippen LogP contribution is -2.31. The minimum Gasteiger partial charge on any atom is -0.313 e. The van der Waals surface area contributed by atoms with Crippen LogP contribution in [0.25, 0.3) is 22.3 Å². The number of hydrogen-bond acceptors (Lipinski definition) is 1. The van der Waals surface area contributed by atoms with Crippen molar-refractivity contribution in [2.75, 3.05) is 0 Å². The van der Waals surface area contributed by atoms with Gasteiger partial charge in [-0.05, 0) is 103 Å². The van der Waals surface area contributed by atoms with Crippen molar-refractivity contribution in [3.05, 3.63) is 118 Å². The molecule has 1 saturated carbocycles. The van der Waals surface area contributed by atoms with Crippen molar-refractivity contribution in [1.29, 1.82) is 0 Å². The van der Waals surface area contributed by atoms with Crippen LogP contribution in [-0.2, 0) is 17.3 Å². The third-order valence-electron chi connectivity index (χ3n) is 8.44. The largest absolute Gasteiger partial charge is 0.389 e. The highest BCUT2D eigenvalue weighted by atomic mass is 19.3. The second-order valence-corrected chi connectivity index (χ2v) is 11.6. The molecule has 4 aromatic rings. The zero-order valence-corrected chi connectivity index (χ0v) is 24.6. The van der Waals surface area contributed by atoms with E-state index in [0.717, 1.165) is 43.4 Å². The monoisotopic (exact) mass is 632 g/mol. The van der Waals surface area contributed by atoms with Gasteiger partial charge < -0.3 is 4.74 Å². The van der Waals surface area contributed by atoms with Crippen LogP contribution in [0.2, 0.25) is 0 Å². The molecule has 1 aliphatic carbocycles. The van der Waals surface area contributed by atoms with Gasteiger partial charge >= 0.3 is 6.11 Å². The molecule has 0 N–H and O–H groups in total. The summed E-state index contributed by atoms with van der Waals surface area (Å²) in [6.45, 7) is 2.11. The van der Waals surface area contributed by atoms with Crippen molar-refractivity contribution >= 4 is 0 Å². The van der Waals surface area contributed by atoms with Gasteiger partial charge in [0.1, 0.15) is 23.0 Å². The molecule has 1 aliphatic rings. The summed E-state index contributed by atoms with van der Waals surface area (Å²) in [5.41, 5.74) is 0.531. The van der Waals surface area contributed by atoms with E-state index < -0.39 is 52.7 Å². The molecule has 0 radical (unpaired) electrons. The minimum atomic E-state index is -4.22. The van der Waals surface area contributed by atoms with Crippen molar-refractivity contribution in [3.8, 4) is 22.3 Å². The molecule has 4 aromatic carbocycles. The molecule has 0 saturated heterocycles. The Hall–Kier alpha value is -3.72. The molecule has 238 valence electrons. The molecule has 0 atom stereocenters. The zero-order chi connectivity index (χ0) is 32.3. The van der Waals surface area contributed by atoms with Crippen LogP contribution in [0.15, 0.2) is 66.7 Å². The van der Waals surface area contributed by atoms with Gasteiger partial charge in [0.25, 0.3) is 0 Å². The Bertz CT molecular complexity index is 1600. The van der Waals surface area contributed by atoms with E-state index in [-0.39, 0.29) is 35.4 Å². The standard InChI is InChI=1S/C36H32F8O/c1-2-3-4-5-21-6-8-23(9-7-21)25-17-30(38)34(31(39)18-25)36(43,44)45-27-13-10-22(11-14-27)24-12-15-28(29(37)16-24)26-19-32(40)35(42)33(41)20-26/h6-9,12,15-20,22,27H,2-5,10-11,13-14H2,1H3. The number of rotatable bonds is 10. The third kappa shape index (κ3) is 7.40. The summed E-state index contributed by atoms with van der Waals surface area (Å²) in [7, 11) is 0. The maximum atomic E-state index is 15.1. The summed E-state index contributed by atoms with van der Waals surface area (Å²) in [6, 6.07) is 14.4. The molecule has 0 bridgehead atoms. The first kappa shape index (κ1) is 32.7. The molecular weight excluding hydrogens is 600 g/mol. The highest BCUT2D eigenvalue weighted by Gasteiger charge is 2.42. The Kier molecular flexibility index (Phi) is 9.97. The SMILES string of the molecule is CCCCCc1ccc(-c2cc(F)c(C(F)(F)OC3CCC(c4ccc(-c5cc(F)c(F)c(F)c5)c(F)c4)CC3)c(F)c2)cc1. The van der Waals surface area contributed by atoms with E-state index in [1.807, 2.05) is 12.1 Å². The van der Waals surface area contributed by atoms with Crippen molar-refractivity contribution in [1.82, 2.24) is 0 Å². The number of aryl methyl sites for hydroxylation is 1. The smallest absolute Gasteiger partial charge is 0.313 e. The van der Waals surface area contributed by atoms with Crippen LogP contribution in [-0.4, -0.2) is 6.10 Å². The van der Waals surface area contributed by atoms with E-state index in [1.54, 1.807) is 18.2 Å². The van der Waals surface area contributed by atoms with Crippen LogP contribution in [0.4, 0.5) is 35.1 Å². The maximum absolute atomic E-state index is 15.1. The van der Waals surface area contributed by atoms with Crippen molar-refractivity contribution in [2.45, 2.75) is 76.4 Å². The normalized spacial score (nSPS) is 17.1. The molecule has 1 fully saturated rings. The van der Waals surface area contributed by atoms with Gasteiger partial charge in [0.05, 0.1) is 6.10 Å². The molecule has 0 aromatic heterocycles. The van der Waals surface area contributed by atoms with E-state index in [9.17, 15) is 26.3 Å². The van der Waals surface area contributed by atoms with Gasteiger partial charge in [-0.25, -0.2) is 26.3 Å². The zero-order valence-electron chi connectivity index (χ0n) is 24.6. The number of ether oxygens (including phenoxy) is 1. The lowest BCUT2D eigenvalue weighted by molar-refractivity contribution is -0.280. The van der Waals surface area contributed by atoms with Gasteiger partial charge in [-0.3, -0.25) is 0 Å². The fourth-order valence-corrected chi connectivity index (χ4v) is 5.97. The Morgan fingerprint density at radius 3 is 1.82 bits per heavy atom. The van der Waals surface area contributed by atoms with Gasteiger partial charge in [0.2, 0.25) is 0 Å². The summed E-state index contributed by atoms with van der Waals surface area (Å²) < 4.78 is 121. The van der Waals surface area contributed by atoms with Crippen LogP contribution in [0, 0.1) is 34.9 Å². The van der Waals surface area contributed by atoms with Gasteiger partial charge in [-0.1, -0.05) is 56.2 Å².